The van der Waals surface area contributed by atoms with Crippen molar-refractivity contribution in [3.8, 4) is 0 Å². The zero-order valence-corrected chi connectivity index (χ0v) is 18.7. The van der Waals surface area contributed by atoms with Gasteiger partial charge in [-0.25, -0.2) is 0 Å². The van der Waals surface area contributed by atoms with E-state index in [0.29, 0.717) is 6.54 Å². The van der Waals surface area contributed by atoms with Crippen LogP contribution in [0.4, 0.5) is 0 Å². The van der Waals surface area contributed by atoms with Crippen molar-refractivity contribution in [3.63, 3.8) is 0 Å². The zero-order chi connectivity index (χ0) is 20.6. The molecule has 164 valence electrons. The minimum absolute atomic E-state index is 0.0107. The molecule has 5 rings (SSSR count). The fourth-order valence-electron chi connectivity index (χ4n) is 6.95. The SMILES string of the molecule is CC1CCN(CCNC(=O)C(NC(=O)C23CC4CC(CC(C4)C2)C3)C(C)C)CC1. The summed E-state index contributed by atoms with van der Waals surface area (Å²) in [6.45, 7) is 10.2. The summed E-state index contributed by atoms with van der Waals surface area (Å²) >= 11 is 0. The summed E-state index contributed by atoms with van der Waals surface area (Å²) in [5, 5.41) is 6.31. The van der Waals surface area contributed by atoms with Crippen LogP contribution in [-0.4, -0.2) is 48.9 Å². The molecule has 2 N–H and O–H groups in total. The number of rotatable bonds is 7. The molecule has 5 nitrogen and oxygen atoms in total. The van der Waals surface area contributed by atoms with Crippen LogP contribution in [0.3, 0.4) is 0 Å². The van der Waals surface area contributed by atoms with E-state index in [1.165, 1.54) is 32.1 Å². The molecule has 4 saturated carbocycles. The van der Waals surface area contributed by atoms with Crippen LogP contribution in [0.1, 0.15) is 72.1 Å². The van der Waals surface area contributed by atoms with Crippen LogP contribution in [0.25, 0.3) is 0 Å². The summed E-state index contributed by atoms with van der Waals surface area (Å²) in [6, 6.07) is -0.420. The molecule has 1 heterocycles. The molecule has 1 atom stereocenters. The Morgan fingerprint density at radius 2 is 1.55 bits per heavy atom. The van der Waals surface area contributed by atoms with Crippen LogP contribution in [0.15, 0.2) is 0 Å². The van der Waals surface area contributed by atoms with Gasteiger partial charge in [0, 0.05) is 18.5 Å². The van der Waals surface area contributed by atoms with Gasteiger partial charge in [0.25, 0.3) is 0 Å². The highest BCUT2D eigenvalue weighted by molar-refractivity contribution is 5.90. The number of likely N-dealkylation sites (tertiary alicyclic amines) is 1. The number of amides is 2. The number of hydrogen-bond donors (Lipinski definition) is 2. The van der Waals surface area contributed by atoms with E-state index >= 15 is 0 Å². The average Bonchev–Trinajstić information content (AvgIpc) is 2.66. The van der Waals surface area contributed by atoms with Gasteiger partial charge in [-0.2, -0.15) is 0 Å². The first-order valence-corrected chi connectivity index (χ1v) is 12.2. The predicted octanol–water partition coefficient (Wildman–Crippen LogP) is 3.19. The second-order valence-electron chi connectivity index (χ2n) is 11.2. The van der Waals surface area contributed by atoms with E-state index in [1.807, 2.05) is 13.8 Å². The first kappa shape index (κ1) is 21.1. The van der Waals surface area contributed by atoms with E-state index < -0.39 is 6.04 Å². The highest BCUT2D eigenvalue weighted by Gasteiger charge is 2.55. The maximum Gasteiger partial charge on any atom is 0.242 e. The van der Waals surface area contributed by atoms with Crippen molar-refractivity contribution in [2.45, 2.75) is 78.2 Å². The van der Waals surface area contributed by atoms with E-state index in [4.69, 9.17) is 0 Å². The highest BCUT2D eigenvalue weighted by atomic mass is 16.2. The van der Waals surface area contributed by atoms with Crippen LogP contribution >= 0.6 is 0 Å². The van der Waals surface area contributed by atoms with Crippen molar-refractivity contribution in [1.82, 2.24) is 15.5 Å². The highest BCUT2D eigenvalue weighted by Crippen LogP contribution is 2.60. The van der Waals surface area contributed by atoms with Crippen molar-refractivity contribution in [3.05, 3.63) is 0 Å². The predicted molar refractivity (Wildman–Crippen MR) is 115 cm³/mol. The molecule has 4 aliphatic carbocycles. The van der Waals surface area contributed by atoms with Crippen molar-refractivity contribution < 1.29 is 9.59 Å². The van der Waals surface area contributed by atoms with E-state index in [0.717, 1.165) is 62.6 Å². The van der Waals surface area contributed by atoms with Crippen LogP contribution in [0, 0.1) is 35.0 Å². The largest absolute Gasteiger partial charge is 0.353 e. The Morgan fingerprint density at radius 3 is 2.07 bits per heavy atom. The number of carbonyl (C=O) groups excluding carboxylic acids is 2. The number of piperidine rings is 1. The number of carbonyl (C=O) groups is 2. The molecule has 5 heteroatoms. The Balaban J connectivity index is 1.29. The van der Waals surface area contributed by atoms with Crippen molar-refractivity contribution in [1.29, 1.82) is 0 Å². The molecule has 0 aromatic rings. The minimum Gasteiger partial charge on any atom is -0.353 e. The van der Waals surface area contributed by atoms with Crippen molar-refractivity contribution in [2.24, 2.45) is 35.0 Å². The lowest BCUT2D eigenvalue weighted by Gasteiger charge is -2.55. The first-order valence-electron chi connectivity index (χ1n) is 12.2. The number of nitrogens with one attached hydrogen (secondary N) is 2. The monoisotopic (exact) mass is 403 g/mol. The average molecular weight is 404 g/mol. The summed E-state index contributed by atoms with van der Waals surface area (Å²) in [6.07, 6.45) is 9.63. The third kappa shape index (κ3) is 4.65. The molecule has 0 radical (unpaired) electrons. The van der Waals surface area contributed by atoms with Crippen LogP contribution in [0.5, 0.6) is 0 Å². The lowest BCUT2D eigenvalue weighted by molar-refractivity contribution is -0.149. The second kappa shape index (κ2) is 8.56. The molecule has 0 aromatic carbocycles. The van der Waals surface area contributed by atoms with Gasteiger partial charge in [0.15, 0.2) is 0 Å². The fourth-order valence-corrected chi connectivity index (χ4v) is 6.95. The smallest absolute Gasteiger partial charge is 0.242 e. The van der Waals surface area contributed by atoms with Gasteiger partial charge in [-0.05, 0) is 94.0 Å². The van der Waals surface area contributed by atoms with Gasteiger partial charge in [-0.3, -0.25) is 9.59 Å². The Bertz CT molecular complexity index is 574. The molecule has 29 heavy (non-hydrogen) atoms. The van der Waals surface area contributed by atoms with Gasteiger partial charge < -0.3 is 15.5 Å². The molecule has 4 bridgehead atoms. The molecule has 0 spiro atoms. The summed E-state index contributed by atoms with van der Waals surface area (Å²) in [4.78, 5) is 28.7. The van der Waals surface area contributed by atoms with Crippen LogP contribution in [0.2, 0.25) is 0 Å². The normalized spacial score (nSPS) is 35.7. The van der Waals surface area contributed by atoms with E-state index in [2.05, 4.69) is 22.5 Å². The molecule has 1 saturated heterocycles. The fraction of sp³-hybridized carbons (Fsp3) is 0.917. The van der Waals surface area contributed by atoms with Crippen molar-refractivity contribution in [2.75, 3.05) is 26.2 Å². The maximum atomic E-state index is 13.4. The van der Waals surface area contributed by atoms with E-state index in [1.54, 1.807) is 0 Å². The maximum absolute atomic E-state index is 13.4. The third-order valence-corrected chi connectivity index (χ3v) is 8.36. The van der Waals surface area contributed by atoms with Gasteiger partial charge in [-0.1, -0.05) is 20.8 Å². The topological polar surface area (TPSA) is 61.4 Å². The minimum atomic E-state index is -0.420. The van der Waals surface area contributed by atoms with Crippen molar-refractivity contribution >= 4 is 11.8 Å². The summed E-state index contributed by atoms with van der Waals surface area (Å²) in [5.74, 6) is 3.30. The molecule has 5 fully saturated rings. The van der Waals surface area contributed by atoms with E-state index in [-0.39, 0.29) is 23.1 Å². The summed E-state index contributed by atoms with van der Waals surface area (Å²) < 4.78 is 0. The first-order chi connectivity index (χ1) is 13.8. The molecule has 1 unspecified atom stereocenters. The second-order valence-corrected chi connectivity index (χ2v) is 11.2. The third-order valence-electron chi connectivity index (χ3n) is 8.36. The molecular weight excluding hydrogens is 362 g/mol. The standard InChI is InChI=1S/C24H41N3O2/c1-16(2)21(22(28)25-6-9-27-7-4-17(3)5-8-27)26-23(29)24-13-18-10-19(14-24)12-20(11-18)15-24/h16-21H,4-15H2,1-3H3,(H,25,28)(H,26,29). The molecule has 5 aliphatic rings. The quantitative estimate of drug-likeness (QED) is 0.686. The molecule has 2 amide bonds. The van der Waals surface area contributed by atoms with Crippen LogP contribution in [-0.2, 0) is 9.59 Å². The van der Waals surface area contributed by atoms with Gasteiger partial charge >= 0.3 is 0 Å². The zero-order valence-electron chi connectivity index (χ0n) is 18.7. The Kier molecular flexibility index (Phi) is 6.24. The molecular formula is C24H41N3O2. The Hall–Kier alpha value is -1.10. The summed E-state index contributed by atoms with van der Waals surface area (Å²) in [5.41, 5.74) is -0.188. The van der Waals surface area contributed by atoms with Gasteiger partial charge in [0.1, 0.15) is 6.04 Å². The number of hydrogen-bond acceptors (Lipinski definition) is 3. The Morgan fingerprint density at radius 1 is 1.00 bits per heavy atom. The lowest BCUT2D eigenvalue weighted by atomic mass is 9.49. The Labute approximate surface area is 176 Å². The summed E-state index contributed by atoms with van der Waals surface area (Å²) in [7, 11) is 0. The van der Waals surface area contributed by atoms with Crippen LogP contribution < -0.4 is 10.6 Å². The van der Waals surface area contributed by atoms with Gasteiger partial charge in [0.2, 0.25) is 11.8 Å². The van der Waals surface area contributed by atoms with E-state index in [9.17, 15) is 9.59 Å². The van der Waals surface area contributed by atoms with Gasteiger partial charge in [0.05, 0.1) is 0 Å². The molecule has 0 aromatic heterocycles. The van der Waals surface area contributed by atoms with Gasteiger partial charge in [-0.15, -0.1) is 0 Å². The number of nitrogens with zero attached hydrogens (tertiary/aromatic N) is 1. The molecule has 1 aliphatic heterocycles. The lowest BCUT2D eigenvalue weighted by Crippen LogP contribution is -2.58.